The van der Waals surface area contributed by atoms with Crippen LogP contribution in [0, 0.1) is 24.5 Å². The number of aliphatic hydroxyl groups excluding tert-OH is 1. The second kappa shape index (κ2) is 28.9. The fourth-order valence-corrected chi connectivity index (χ4v) is 12.6. The van der Waals surface area contributed by atoms with E-state index < -0.39 is 42.8 Å². The molecule has 3 amide bonds. The third-order valence-corrected chi connectivity index (χ3v) is 16.7. The number of nitrogens with zero attached hydrogens (tertiary/aromatic N) is 6. The highest BCUT2D eigenvalue weighted by atomic mass is 35.7. The largest absolute Gasteiger partial charge is 0.485 e. The molecular formula is C60H76ClN6O15P. The summed E-state index contributed by atoms with van der Waals surface area (Å²) in [6.07, 6.45) is 2.53. The van der Waals surface area contributed by atoms with Crippen molar-refractivity contribution < 1.29 is 71.2 Å². The number of hydrogen-bond donors (Lipinski definition) is 1. The Morgan fingerprint density at radius 3 is 1.25 bits per heavy atom. The Hall–Kier alpha value is -5.70. The smallest absolute Gasteiger partial charge is 0.276 e. The van der Waals surface area contributed by atoms with Crippen molar-refractivity contribution in [3.05, 3.63) is 99.7 Å². The van der Waals surface area contributed by atoms with Gasteiger partial charge in [0.15, 0.2) is 11.4 Å². The number of carbonyl (C=O) groups excluding carboxylic acids is 3. The lowest BCUT2D eigenvalue weighted by atomic mass is 9.84. The molecule has 0 saturated carbocycles. The van der Waals surface area contributed by atoms with Crippen molar-refractivity contribution in [2.45, 2.75) is 133 Å². The Balaban J connectivity index is 0.000000278. The molecular weight excluding hydrogens is 1110 g/mol. The Bertz CT molecular complexity index is 2750. The van der Waals surface area contributed by atoms with Gasteiger partial charge in [-0.15, -0.1) is 0 Å². The van der Waals surface area contributed by atoms with Gasteiger partial charge in [0.05, 0.1) is 122 Å². The zero-order valence-electron chi connectivity index (χ0n) is 48.2. The van der Waals surface area contributed by atoms with Crippen LogP contribution >= 0.6 is 19.0 Å². The first kappa shape index (κ1) is 63.3. The van der Waals surface area contributed by atoms with Crippen molar-refractivity contribution in [3.63, 3.8) is 0 Å². The highest BCUT2D eigenvalue weighted by molar-refractivity contribution is 7.76. The number of fused-ring (bicyclic) bond motifs is 3. The van der Waals surface area contributed by atoms with Gasteiger partial charge in [0.2, 0.25) is 17.7 Å². The molecule has 6 aliphatic rings. The predicted molar refractivity (Wildman–Crippen MR) is 305 cm³/mol. The lowest BCUT2D eigenvalue weighted by Crippen LogP contribution is -2.55. The number of benzene rings is 3. The molecule has 1 unspecified atom stereocenters. The SMILES string of the molecule is [C-]#[N+]c1ccc2c(c1)[C@@H](N1CCCC1=O)[C@H](OCCOCCO)C(C)(C)O2.[C-]#[N+]c1ccc2c(c1)[C@@H](N1CCCC1=O)[C@H](OCCOCCOP(Cl)OCCOCCO[C@H]1[C@H](N3CCCC3=O)c3cc(C#N)ccc3OC1(C)C)C(C)(C)O2. The molecule has 3 fully saturated rings. The zero-order valence-corrected chi connectivity index (χ0v) is 49.8. The lowest BCUT2D eigenvalue weighted by molar-refractivity contribution is -0.152. The van der Waals surface area contributed by atoms with Crippen LogP contribution in [0.3, 0.4) is 0 Å². The number of halogens is 1. The summed E-state index contributed by atoms with van der Waals surface area (Å²) in [6, 6.07) is 17.1. The Morgan fingerprint density at radius 2 is 0.916 bits per heavy atom. The van der Waals surface area contributed by atoms with E-state index in [2.05, 4.69) is 15.8 Å². The van der Waals surface area contributed by atoms with Gasteiger partial charge >= 0.3 is 0 Å². The summed E-state index contributed by atoms with van der Waals surface area (Å²) in [7, 11) is -1.67. The van der Waals surface area contributed by atoms with E-state index in [0.29, 0.717) is 86.3 Å². The second-order valence-corrected chi connectivity index (χ2v) is 24.1. The van der Waals surface area contributed by atoms with Crippen molar-refractivity contribution in [2.24, 2.45) is 0 Å². The number of rotatable bonds is 25. The molecule has 0 aliphatic carbocycles. The Kier molecular flexibility index (Phi) is 22.1. The zero-order chi connectivity index (χ0) is 59.3. The van der Waals surface area contributed by atoms with Crippen molar-refractivity contribution in [2.75, 3.05) is 98.9 Å². The number of ether oxygens (including phenoxy) is 9. The normalized spacial score (nSPS) is 24.0. The minimum Gasteiger partial charge on any atom is -0.485 e. The second-order valence-electron chi connectivity index (χ2n) is 22.4. The quantitative estimate of drug-likeness (QED) is 0.0475. The van der Waals surface area contributed by atoms with Gasteiger partial charge in [0.25, 0.3) is 7.73 Å². The van der Waals surface area contributed by atoms with E-state index in [0.717, 1.165) is 36.0 Å². The van der Waals surface area contributed by atoms with Gasteiger partial charge in [0, 0.05) is 55.6 Å². The van der Waals surface area contributed by atoms with Gasteiger partial charge in [-0.25, -0.2) is 9.69 Å². The molecule has 0 spiro atoms. The maximum Gasteiger partial charge on any atom is 0.276 e. The molecule has 21 nitrogen and oxygen atoms in total. The van der Waals surface area contributed by atoms with Gasteiger partial charge in [-0.05, 0) is 115 Å². The van der Waals surface area contributed by atoms with Gasteiger partial charge < -0.3 is 71.5 Å². The van der Waals surface area contributed by atoms with Crippen LogP contribution in [0.5, 0.6) is 17.2 Å². The van der Waals surface area contributed by atoms with Crippen LogP contribution in [0.1, 0.15) is 120 Å². The first-order valence-electron chi connectivity index (χ1n) is 28.3. The van der Waals surface area contributed by atoms with Gasteiger partial charge in [0.1, 0.15) is 52.4 Å². The van der Waals surface area contributed by atoms with E-state index in [1.807, 2.05) is 56.2 Å². The summed E-state index contributed by atoms with van der Waals surface area (Å²) in [4.78, 5) is 50.9. The van der Waals surface area contributed by atoms with E-state index in [-0.39, 0.29) is 102 Å². The summed E-state index contributed by atoms with van der Waals surface area (Å²) < 4.78 is 65.6. The molecule has 6 aliphatic heterocycles. The van der Waals surface area contributed by atoms with E-state index in [4.69, 9.17) is 81.2 Å². The van der Waals surface area contributed by atoms with E-state index in [1.165, 1.54) is 0 Å². The molecule has 23 heteroatoms. The number of aliphatic hydroxyl groups is 1. The first-order chi connectivity index (χ1) is 39.9. The maximum atomic E-state index is 12.9. The molecule has 3 aromatic rings. The summed E-state index contributed by atoms with van der Waals surface area (Å²) in [5.41, 5.74) is 1.75. The van der Waals surface area contributed by atoms with Crippen molar-refractivity contribution in [3.8, 4) is 23.3 Å². The van der Waals surface area contributed by atoms with Crippen molar-refractivity contribution in [1.82, 2.24) is 14.7 Å². The molecule has 6 heterocycles. The van der Waals surface area contributed by atoms with Gasteiger partial charge in [-0.2, -0.15) is 5.26 Å². The number of amides is 3. The maximum absolute atomic E-state index is 12.9. The van der Waals surface area contributed by atoms with Crippen LogP contribution < -0.4 is 14.2 Å². The summed E-state index contributed by atoms with van der Waals surface area (Å²) in [5.74, 6) is 2.23. The standard InChI is InChI=1S/C40H50ClN4O10P.C20H26N2O5/c1-39(2)37(35(44-14-6-8-33(44)46)29-24-27(26-42)10-12-31(29)54-39)50-20-16-48-18-22-52-56(41)53-23-19-49-17-21-51-38-36(45-15-7-9-34(45)47)30-25-28(43-5)11-13-32(30)55-40(38,3)4;1-20(2)19(26-12-11-25-10-9-23)18(22-8-4-5-17(22)24)15-13-14(21-3)6-7-16(15)27-20/h10-13,24-25,35-38H,6-9,14-23H2,1-4H3;6-7,13,18-19,23H,4-5,8-12H2,1-2H3/t35-,36-,37+,38+,56?;18-,19+/m11/s1. The third-order valence-electron chi connectivity index (χ3n) is 15.4. The summed E-state index contributed by atoms with van der Waals surface area (Å²) >= 11 is 6.26. The molecule has 0 bridgehead atoms. The third kappa shape index (κ3) is 15.4. The molecule has 3 saturated heterocycles. The van der Waals surface area contributed by atoms with Crippen LogP contribution in [0.2, 0.25) is 0 Å². The predicted octanol–water partition coefficient (Wildman–Crippen LogP) is 9.25. The molecule has 1 N–H and O–H groups in total. The molecule has 7 atom stereocenters. The van der Waals surface area contributed by atoms with Crippen LogP contribution in [0.25, 0.3) is 9.69 Å². The average Bonchev–Trinajstić information content (AvgIpc) is 4.16. The van der Waals surface area contributed by atoms with E-state index in [9.17, 15) is 19.6 Å². The fraction of sp³-hybridized carbons (Fsp3) is 0.600. The van der Waals surface area contributed by atoms with Crippen LogP contribution in [0.4, 0.5) is 11.4 Å². The molecule has 0 aromatic heterocycles. The van der Waals surface area contributed by atoms with Crippen molar-refractivity contribution in [1.29, 1.82) is 5.26 Å². The topological polar surface area (TPSA) is 215 Å². The first-order valence-corrected chi connectivity index (χ1v) is 30.4. The summed E-state index contributed by atoms with van der Waals surface area (Å²) in [6.45, 7) is 31.4. The van der Waals surface area contributed by atoms with Crippen LogP contribution in [-0.2, 0) is 51.9 Å². The molecule has 9 rings (SSSR count). The number of likely N-dealkylation sites (tertiary alicyclic amines) is 3. The minimum absolute atomic E-state index is 0.0320. The van der Waals surface area contributed by atoms with E-state index in [1.54, 1.807) is 54.6 Å². The number of carbonyl (C=O) groups is 3. The molecule has 3 aromatic carbocycles. The summed E-state index contributed by atoms with van der Waals surface area (Å²) in [5, 5.41) is 18.3. The number of nitriles is 1. The van der Waals surface area contributed by atoms with Crippen LogP contribution in [-0.4, -0.2) is 172 Å². The molecule has 0 radical (unpaired) electrons. The van der Waals surface area contributed by atoms with Crippen LogP contribution in [0.15, 0.2) is 54.6 Å². The van der Waals surface area contributed by atoms with Gasteiger partial charge in [-0.3, -0.25) is 14.4 Å². The van der Waals surface area contributed by atoms with E-state index >= 15 is 0 Å². The highest BCUT2D eigenvalue weighted by Crippen LogP contribution is 2.50. The van der Waals surface area contributed by atoms with Gasteiger partial charge in [-0.1, -0.05) is 12.1 Å². The average molecular weight is 1190 g/mol. The molecule has 448 valence electrons. The highest BCUT2D eigenvalue weighted by Gasteiger charge is 2.52. The lowest BCUT2D eigenvalue weighted by Gasteiger charge is -2.47. The molecule has 83 heavy (non-hydrogen) atoms. The Morgan fingerprint density at radius 1 is 0.566 bits per heavy atom. The van der Waals surface area contributed by atoms with Crippen molar-refractivity contribution >= 4 is 48.1 Å². The Labute approximate surface area is 492 Å². The monoisotopic (exact) mass is 1190 g/mol. The minimum atomic E-state index is -1.67. The fourth-order valence-electron chi connectivity index (χ4n) is 11.7. The number of hydrogen-bond acceptors (Lipinski definition) is 16.